The molecule has 0 aliphatic heterocycles. The molecule has 1 heterocycles. The number of aromatic nitrogens is 4. The molecule has 0 spiro atoms. The molecule has 86 valence electrons. The van der Waals surface area contributed by atoms with E-state index in [0.717, 1.165) is 37.8 Å². The third kappa shape index (κ3) is 4.38. The molecule has 5 heteroatoms. The number of nitrogens with zero attached hydrogens (tertiary/aromatic N) is 4. The third-order valence-electron chi connectivity index (χ3n) is 2.29. The molecule has 1 aromatic heterocycles. The third-order valence-corrected chi connectivity index (χ3v) is 2.29. The highest BCUT2D eigenvalue weighted by molar-refractivity contribution is 4.79. The van der Waals surface area contributed by atoms with Gasteiger partial charge in [-0.15, -0.1) is 5.10 Å². The maximum atomic E-state index is 3.99. The van der Waals surface area contributed by atoms with Gasteiger partial charge >= 0.3 is 0 Å². The van der Waals surface area contributed by atoms with Gasteiger partial charge in [0.15, 0.2) is 5.82 Å². The first-order chi connectivity index (χ1) is 7.24. The smallest absolute Gasteiger partial charge is 0.165 e. The van der Waals surface area contributed by atoms with Gasteiger partial charge in [0.25, 0.3) is 0 Å². The van der Waals surface area contributed by atoms with Crippen molar-refractivity contribution in [1.29, 1.82) is 0 Å². The van der Waals surface area contributed by atoms with Gasteiger partial charge in [-0.3, -0.25) is 0 Å². The lowest BCUT2D eigenvalue weighted by Gasteiger charge is -2.06. The molecular weight excluding hydrogens is 190 g/mol. The molecule has 0 bridgehead atoms. The van der Waals surface area contributed by atoms with Crippen LogP contribution in [0.4, 0.5) is 0 Å². The van der Waals surface area contributed by atoms with Crippen molar-refractivity contribution in [2.75, 3.05) is 6.54 Å². The van der Waals surface area contributed by atoms with Gasteiger partial charge in [0.05, 0.1) is 6.54 Å². The zero-order valence-electron chi connectivity index (χ0n) is 9.90. The van der Waals surface area contributed by atoms with Crippen LogP contribution in [0.5, 0.6) is 0 Å². The van der Waals surface area contributed by atoms with Crippen molar-refractivity contribution >= 4 is 0 Å². The molecule has 15 heavy (non-hydrogen) atoms. The first kappa shape index (κ1) is 12.1. The summed E-state index contributed by atoms with van der Waals surface area (Å²) in [6, 6.07) is 0. The van der Waals surface area contributed by atoms with E-state index in [1.54, 1.807) is 0 Å². The molecule has 1 N–H and O–H groups in total. The van der Waals surface area contributed by atoms with Crippen LogP contribution in [-0.4, -0.2) is 26.8 Å². The average Bonchev–Trinajstić information content (AvgIpc) is 2.62. The molecule has 0 aliphatic carbocycles. The molecule has 5 nitrogen and oxygen atoms in total. The van der Waals surface area contributed by atoms with Gasteiger partial charge in [-0.25, -0.2) is 4.68 Å². The fraction of sp³-hybridized carbons (Fsp3) is 0.900. The summed E-state index contributed by atoms with van der Waals surface area (Å²) < 4.78 is 1.89. The van der Waals surface area contributed by atoms with E-state index >= 15 is 0 Å². The average molecular weight is 211 g/mol. The molecule has 0 fully saturated rings. The lowest BCUT2D eigenvalue weighted by molar-refractivity contribution is 0.467. The van der Waals surface area contributed by atoms with E-state index in [1.807, 2.05) is 4.68 Å². The molecular formula is C10H21N5. The molecule has 1 rings (SSSR count). The number of tetrazole rings is 1. The van der Waals surface area contributed by atoms with E-state index in [-0.39, 0.29) is 0 Å². The van der Waals surface area contributed by atoms with E-state index in [9.17, 15) is 0 Å². The topological polar surface area (TPSA) is 55.6 Å². The first-order valence-electron chi connectivity index (χ1n) is 5.69. The van der Waals surface area contributed by atoms with E-state index in [4.69, 9.17) is 0 Å². The van der Waals surface area contributed by atoms with Gasteiger partial charge in [0, 0.05) is 6.54 Å². The number of aryl methyl sites for hydroxylation is 1. The van der Waals surface area contributed by atoms with Crippen LogP contribution < -0.4 is 5.32 Å². The Kier molecular flexibility index (Phi) is 5.25. The zero-order valence-corrected chi connectivity index (χ0v) is 9.90. The van der Waals surface area contributed by atoms with E-state index in [0.29, 0.717) is 0 Å². The van der Waals surface area contributed by atoms with E-state index < -0.39 is 0 Å². The SMILES string of the molecule is CCNCc1nnnn1CCCC(C)C. The summed E-state index contributed by atoms with van der Waals surface area (Å²) in [7, 11) is 0. The van der Waals surface area contributed by atoms with Gasteiger partial charge in [0.1, 0.15) is 0 Å². The van der Waals surface area contributed by atoms with Crippen LogP contribution in [0.2, 0.25) is 0 Å². The van der Waals surface area contributed by atoms with Gasteiger partial charge in [-0.2, -0.15) is 0 Å². The Balaban J connectivity index is 2.35. The van der Waals surface area contributed by atoms with Crippen molar-refractivity contribution in [2.45, 2.75) is 46.7 Å². The minimum atomic E-state index is 0.749. The van der Waals surface area contributed by atoms with Crippen molar-refractivity contribution in [2.24, 2.45) is 5.92 Å². The number of rotatable bonds is 7. The van der Waals surface area contributed by atoms with E-state index in [2.05, 4.69) is 41.6 Å². The normalized spacial score (nSPS) is 11.2. The predicted octanol–water partition coefficient (Wildman–Crippen LogP) is 1.22. The predicted molar refractivity (Wildman–Crippen MR) is 59.3 cm³/mol. The van der Waals surface area contributed by atoms with E-state index in [1.165, 1.54) is 6.42 Å². The summed E-state index contributed by atoms with van der Waals surface area (Å²) in [5, 5.41) is 14.9. The summed E-state index contributed by atoms with van der Waals surface area (Å²) in [4.78, 5) is 0. The summed E-state index contributed by atoms with van der Waals surface area (Å²) in [5.41, 5.74) is 0. The van der Waals surface area contributed by atoms with Crippen LogP contribution in [0.25, 0.3) is 0 Å². The lowest BCUT2D eigenvalue weighted by atomic mass is 10.1. The Morgan fingerprint density at radius 1 is 1.40 bits per heavy atom. The van der Waals surface area contributed by atoms with Crippen LogP contribution in [-0.2, 0) is 13.1 Å². The second-order valence-corrected chi connectivity index (χ2v) is 4.13. The molecule has 0 aromatic carbocycles. The Hall–Kier alpha value is -0.970. The maximum absolute atomic E-state index is 3.99. The second-order valence-electron chi connectivity index (χ2n) is 4.13. The Morgan fingerprint density at radius 3 is 2.87 bits per heavy atom. The summed E-state index contributed by atoms with van der Waals surface area (Å²) in [5.74, 6) is 1.68. The van der Waals surface area contributed by atoms with Gasteiger partial charge in [-0.1, -0.05) is 20.8 Å². The molecule has 0 unspecified atom stereocenters. The minimum absolute atomic E-state index is 0.749. The molecule has 0 radical (unpaired) electrons. The van der Waals surface area contributed by atoms with Gasteiger partial charge in [0.2, 0.25) is 0 Å². The second kappa shape index (κ2) is 6.50. The quantitative estimate of drug-likeness (QED) is 0.736. The van der Waals surface area contributed by atoms with Gasteiger partial charge < -0.3 is 5.32 Å². The Morgan fingerprint density at radius 2 is 2.20 bits per heavy atom. The van der Waals surface area contributed by atoms with Gasteiger partial charge in [-0.05, 0) is 35.7 Å². The van der Waals surface area contributed by atoms with Crippen LogP contribution in [0.1, 0.15) is 39.4 Å². The largest absolute Gasteiger partial charge is 0.310 e. The molecule has 1 aromatic rings. The summed E-state index contributed by atoms with van der Waals surface area (Å²) >= 11 is 0. The molecule has 0 saturated heterocycles. The highest BCUT2D eigenvalue weighted by Crippen LogP contribution is 2.05. The van der Waals surface area contributed by atoms with Crippen molar-refractivity contribution in [3.05, 3.63) is 5.82 Å². The van der Waals surface area contributed by atoms with Crippen molar-refractivity contribution < 1.29 is 0 Å². The molecule has 0 atom stereocenters. The van der Waals surface area contributed by atoms with Crippen LogP contribution in [0.15, 0.2) is 0 Å². The Bertz CT molecular complexity index is 269. The number of nitrogens with one attached hydrogen (secondary N) is 1. The fourth-order valence-electron chi connectivity index (χ4n) is 1.41. The van der Waals surface area contributed by atoms with Crippen molar-refractivity contribution in [3.63, 3.8) is 0 Å². The van der Waals surface area contributed by atoms with Crippen LogP contribution in [0.3, 0.4) is 0 Å². The van der Waals surface area contributed by atoms with Crippen LogP contribution >= 0.6 is 0 Å². The highest BCUT2D eigenvalue weighted by atomic mass is 15.5. The fourth-order valence-corrected chi connectivity index (χ4v) is 1.41. The Labute approximate surface area is 91.2 Å². The molecule has 0 saturated carbocycles. The standard InChI is InChI=1S/C10H21N5/c1-4-11-8-10-12-13-14-15(10)7-5-6-9(2)3/h9,11H,4-8H2,1-3H3. The highest BCUT2D eigenvalue weighted by Gasteiger charge is 2.04. The maximum Gasteiger partial charge on any atom is 0.165 e. The first-order valence-corrected chi connectivity index (χ1v) is 5.69. The summed E-state index contributed by atoms with van der Waals surface area (Å²) in [6.45, 7) is 9.17. The van der Waals surface area contributed by atoms with Crippen molar-refractivity contribution in [1.82, 2.24) is 25.5 Å². The van der Waals surface area contributed by atoms with Crippen LogP contribution in [0, 0.1) is 5.92 Å². The number of hydrogen-bond donors (Lipinski definition) is 1. The van der Waals surface area contributed by atoms with Crippen molar-refractivity contribution in [3.8, 4) is 0 Å². The lowest BCUT2D eigenvalue weighted by Crippen LogP contribution is -2.17. The monoisotopic (exact) mass is 211 g/mol. The summed E-state index contributed by atoms with van der Waals surface area (Å²) in [6.07, 6.45) is 2.36. The molecule has 0 amide bonds. The zero-order chi connectivity index (χ0) is 11.1. The minimum Gasteiger partial charge on any atom is -0.310 e. The number of hydrogen-bond acceptors (Lipinski definition) is 4. The molecule has 0 aliphatic rings.